The summed E-state index contributed by atoms with van der Waals surface area (Å²) in [7, 11) is 0. The number of aromatic nitrogens is 2. The van der Waals surface area contributed by atoms with Gasteiger partial charge in [0.05, 0.1) is 12.2 Å². The van der Waals surface area contributed by atoms with Gasteiger partial charge in [-0.15, -0.1) is 0 Å². The van der Waals surface area contributed by atoms with Crippen LogP contribution in [-0.2, 0) is 6.54 Å². The van der Waals surface area contributed by atoms with E-state index in [2.05, 4.69) is 10.4 Å². The largest absolute Gasteiger partial charge is 0.486 e. The summed E-state index contributed by atoms with van der Waals surface area (Å²) in [5.41, 5.74) is 1.31. The summed E-state index contributed by atoms with van der Waals surface area (Å²) in [5.74, 6) is -0.453. The number of hydrogen-bond acceptors (Lipinski definition) is 3. The average Bonchev–Trinajstić information content (AvgIpc) is 2.88. The molecule has 0 aliphatic heterocycles. The minimum Gasteiger partial charge on any atom is -0.486 e. The zero-order valence-corrected chi connectivity index (χ0v) is 13.0. The number of amides is 1. The fourth-order valence-electron chi connectivity index (χ4n) is 2.10. The quantitative estimate of drug-likeness (QED) is 0.892. The van der Waals surface area contributed by atoms with E-state index in [1.54, 1.807) is 35.9 Å². The predicted octanol–water partition coefficient (Wildman–Crippen LogP) is 2.55. The zero-order chi connectivity index (χ0) is 16.1. The Bertz CT molecular complexity index is 655. The molecule has 0 bridgehead atoms. The van der Waals surface area contributed by atoms with Gasteiger partial charge in [0.2, 0.25) is 0 Å². The molecule has 1 aromatic heterocycles. The molecular formula is C16H20FN3O2. The minimum absolute atomic E-state index is 0.179. The van der Waals surface area contributed by atoms with Gasteiger partial charge in [0.25, 0.3) is 5.91 Å². The van der Waals surface area contributed by atoms with Gasteiger partial charge in [0.1, 0.15) is 11.8 Å². The van der Waals surface area contributed by atoms with Crippen molar-refractivity contribution in [2.24, 2.45) is 0 Å². The van der Waals surface area contributed by atoms with Crippen LogP contribution in [0.1, 0.15) is 30.0 Å². The van der Waals surface area contributed by atoms with Crippen molar-refractivity contribution in [3.8, 4) is 5.75 Å². The molecule has 1 N–H and O–H groups in total. The molecule has 0 saturated carbocycles. The normalized spacial score (nSPS) is 12.0. The number of carbonyl (C=O) groups excluding carboxylic acids is 1. The Labute approximate surface area is 129 Å². The van der Waals surface area contributed by atoms with Crippen molar-refractivity contribution in [1.82, 2.24) is 15.1 Å². The summed E-state index contributed by atoms with van der Waals surface area (Å²) < 4.78 is 20.6. The maximum atomic E-state index is 13.5. The number of para-hydroxylation sites is 1. The summed E-state index contributed by atoms with van der Waals surface area (Å²) in [5, 5.41) is 7.01. The third-order valence-electron chi connectivity index (χ3n) is 3.15. The second-order valence-corrected chi connectivity index (χ2v) is 5.06. The number of aryl methyl sites for hydroxylation is 2. The number of halogens is 1. The second-order valence-electron chi connectivity index (χ2n) is 5.06. The number of carbonyl (C=O) groups is 1. The predicted molar refractivity (Wildman–Crippen MR) is 81.5 cm³/mol. The molecule has 0 spiro atoms. The number of ether oxygens (including phenoxy) is 1. The van der Waals surface area contributed by atoms with Crippen LogP contribution < -0.4 is 10.1 Å². The van der Waals surface area contributed by atoms with Crippen molar-refractivity contribution in [2.45, 2.75) is 33.4 Å². The smallest absolute Gasteiger partial charge is 0.269 e. The lowest BCUT2D eigenvalue weighted by molar-refractivity contribution is 0.0920. The van der Waals surface area contributed by atoms with Gasteiger partial charge < -0.3 is 10.1 Å². The lowest BCUT2D eigenvalue weighted by Crippen LogP contribution is -2.34. The molecule has 0 radical (unpaired) electrons. The molecule has 1 aromatic carbocycles. The van der Waals surface area contributed by atoms with Crippen LogP contribution in [0.2, 0.25) is 0 Å². The Morgan fingerprint density at radius 1 is 1.45 bits per heavy atom. The first-order valence-corrected chi connectivity index (χ1v) is 7.25. The lowest BCUT2D eigenvalue weighted by Gasteiger charge is -2.16. The van der Waals surface area contributed by atoms with Crippen molar-refractivity contribution in [3.63, 3.8) is 0 Å². The number of nitrogens with zero attached hydrogens (tertiary/aromatic N) is 2. The fraction of sp³-hybridized carbons (Fsp3) is 0.375. The molecule has 6 heteroatoms. The van der Waals surface area contributed by atoms with Crippen LogP contribution in [0.3, 0.4) is 0 Å². The Balaban J connectivity index is 1.92. The van der Waals surface area contributed by atoms with E-state index in [-0.39, 0.29) is 24.3 Å². The average molecular weight is 305 g/mol. The highest BCUT2D eigenvalue weighted by Gasteiger charge is 2.15. The van der Waals surface area contributed by atoms with Crippen molar-refractivity contribution in [2.75, 3.05) is 6.54 Å². The van der Waals surface area contributed by atoms with E-state index in [1.165, 1.54) is 6.07 Å². The van der Waals surface area contributed by atoms with Gasteiger partial charge in [-0.2, -0.15) is 5.10 Å². The summed E-state index contributed by atoms with van der Waals surface area (Å²) >= 11 is 0. The van der Waals surface area contributed by atoms with Crippen LogP contribution in [0.5, 0.6) is 5.75 Å². The highest BCUT2D eigenvalue weighted by molar-refractivity contribution is 5.92. The molecule has 1 amide bonds. The van der Waals surface area contributed by atoms with Gasteiger partial charge in [0, 0.05) is 6.54 Å². The second kappa shape index (κ2) is 7.06. The molecule has 0 aliphatic carbocycles. The molecule has 1 heterocycles. The monoisotopic (exact) mass is 305 g/mol. The van der Waals surface area contributed by atoms with Crippen molar-refractivity contribution < 1.29 is 13.9 Å². The Hall–Kier alpha value is -2.37. The topological polar surface area (TPSA) is 56.2 Å². The molecule has 2 aromatic rings. The maximum Gasteiger partial charge on any atom is 0.269 e. The SMILES string of the molecule is CCn1nc(C)cc1C(=O)NCC(C)Oc1ccccc1F. The number of benzene rings is 1. The van der Waals surface area contributed by atoms with Crippen LogP contribution in [0.25, 0.3) is 0 Å². The Kier molecular flexibility index (Phi) is 5.14. The van der Waals surface area contributed by atoms with E-state index < -0.39 is 5.82 Å². The zero-order valence-electron chi connectivity index (χ0n) is 13.0. The van der Waals surface area contributed by atoms with Gasteiger partial charge >= 0.3 is 0 Å². The molecular weight excluding hydrogens is 285 g/mol. The molecule has 5 nitrogen and oxygen atoms in total. The van der Waals surface area contributed by atoms with E-state index in [0.717, 1.165) is 5.69 Å². The minimum atomic E-state index is -0.416. The van der Waals surface area contributed by atoms with Crippen molar-refractivity contribution in [3.05, 3.63) is 47.5 Å². The van der Waals surface area contributed by atoms with Gasteiger partial charge in [-0.25, -0.2) is 4.39 Å². The Morgan fingerprint density at radius 3 is 2.86 bits per heavy atom. The van der Waals surface area contributed by atoms with Crippen LogP contribution in [-0.4, -0.2) is 28.3 Å². The lowest BCUT2D eigenvalue weighted by atomic mass is 10.3. The van der Waals surface area contributed by atoms with Crippen LogP contribution in [0, 0.1) is 12.7 Å². The van der Waals surface area contributed by atoms with Gasteiger partial charge in [-0.3, -0.25) is 9.48 Å². The Morgan fingerprint density at radius 2 is 2.18 bits per heavy atom. The first-order valence-electron chi connectivity index (χ1n) is 7.25. The van der Waals surface area contributed by atoms with E-state index in [4.69, 9.17) is 4.74 Å². The first-order chi connectivity index (χ1) is 10.5. The fourth-order valence-corrected chi connectivity index (χ4v) is 2.10. The summed E-state index contributed by atoms with van der Waals surface area (Å²) in [6.45, 7) is 6.44. The summed E-state index contributed by atoms with van der Waals surface area (Å²) in [4.78, 5) is 12.2. The third kappa shape index (κ3) is 3.84. The number of hydrogen-bond donors (Lipinski definition) is 1. The summed E-state index contributed by atoms with van der Waals surface area (Å²) in [6.07, 6.45) is -0.347. The molecule has 2 rings (SSSR count). The van der Waals surface area contributed by atoms with E-state index in [0.29, 0.717) is 12.2 Å². The number of rotatable bonds is 6. The van der Waals surface area contributed by atoms with Crippen LogP contribution >= 0.6 is 0 Å². The summed E-state index contributed by atoms with van der Waals surface area (Å²) in [6, 6.07) is 7.93. The van der Waals surface area contributed by atoms with Gasteiger partial charge in [0.15, 0.2) is 11.6 Å². The van der Waals surface area contributed by atoms with Gasteiger partial charge in [-0.1, -0.05) is 12.1 Å². The number of nitrogens with one attached hydrogen (secondary N) is 1. The van der Waals surface area contributed by atoms with Crippen molar-refractivity contribution >= 4 is 5.91 Å². The molecule has 22 heavy (non-hydrogen) atoms. The molecule has 0 fully saturated rings. The molecule has 1 atom stereocenters. The third-order valence-corrected chi connectivity index (χ3v) is 3.15. The standard InChI is InChI=1S/C16H20FN3O2/c1-4-20-14(9-11(2)19-20)16(21)18-10-12(3)22-15-8-6-5-7-13(15)17/h5-9,12H,4,10H2,1-3H3,(H,18,21). The molecule has 118 valence electrons. The van der Waals surface area contributed by atoms with E-state index >= 15 is 0 Å². The molecule has 0 aliphatic rings. The van der Waals surface area contributed by atoms with Crippen molar-refractivity contribution in [1.29, 1.82) is 0 Å². The molecule has 0 saturated heterocycles. The highest BCUT2D eigenvalue weighted by atomic mass is 19.1. The van der Waals surface area contributed by atoms with Crippen LogP contribution in [0.4, 0.5) is 4.39 Å². The van der Waals surface area contributed by atoms with E-state index in [9.17, 15) is 9.18 Å². The van der Waals surface area contributed by atoms with E-state index in [1.807, 2.05) is 13.8 Å². The highest BCUT2D eigenvalue weighted by Crippen LogP contribution is 2.16. The van der Waals surface area contributed by atoms with Crippen LogP contribution in [0.15, 0.2) is 30.3 Å². The maximum absolute atomic E-state index is 13.5. The molecule has 1 unspecified atom stereocenters. The first kappa shape index (κ1) is 16.0. The van der Waals surface area contributed by atoms with Gasteiger partial charge in [-0.05, 0) is 39.0 Å².